The zero-order valence-corrected chi connectivity index (χ0v) is 16.1. The van der Waals surface area contributed by atoms with E-state index in [1.165, 1.54) is 19.3 Å². The average Bonchev–Trinajstić information content (AvgIpc) is 3.10. The molecule has 0 spiro atoms. The van der Waals surface area contributed by atoms with Crippen LogP contribution in [0.3, 0.4) is 0 Å². The summed E-state index contributed by atoms with van der Waals surface area (Å²) in [5.41, 5.74) is 2.66. The van der Waals surface area contributed by atoms with Crippen molar-refractivity contribution in [3.63, 3.8) is 0 Å². The lowest BCUT2D eigenvalue weighted by Gasteiger charge is -2.27. The molecule has 27 heavy (non-hydrogen) atoms. The Morgan fingerprint density at radius 3 is 2.70 bits per heavy atom. The van der Waals surface area contributed by atoms with E-state index in [0.29, 0.717) is 17.9 Å². The summed E-state index contributed by atoms with van der Waals surface area (Å²) in [6.45, 7) is 4.08. The summed E-state index contributed by atoms with van der Waals surface area (Å²) in [5, 5.41) is 5.69. The van der Waals surface area contributed by atoms with Crippen LogP contribution in [0, 0.1) is 6.92 Å². The second-order valence-corrected chi connectivity index (χ2v) is 7.78. The Morgan fingerprint density at radius 1 is 1.04 bits per heavy atom. The van der Waals surface area contributed by atoms with Crippen LogP contribution in [0.15, 0.2) is 24.4 Å². The Hall–Kier alpha value is -2.54. The van der Waals surface area contributed by atoms with Crippen molar-refractivity contribution in [2.24, 2.45) is 7.05 Å². The summed E-state index contributed by atoms with van der Waals surface area (Å²) in [5.74, 6) is 1.68. The molecule has 0 aliphatic carbocycles. The van der Waals surface area contributed by atoms with Gasteiger partial charge >= 0.3 is 0 Å². The molecule has 0 amide bonds. The molecule has 2 aliphatic heterocycles. The Morgan fingerprint density at radius 2 is 1.89 bits per heavy atom. The third-order valence-corrected chi connectivity index (χ3v) is 6.18. The monoisotopic (exact) mass is 363 g/mol. The van der Waals surface area contributed by atoms with Crippen molar-refractivity contribution in [2.45, 2.75) is 38.3 Å². The van der Waals surface area contributed by atoms with Crippen molar-refractivity contribution in [1.29, 1.82) is 0 Å². The number of aromatic nitrogens is 5. The van der Waals surface area contributed by atoms with Crippen LogP contribution in [0.4, 0.5) is 5.82 Å². The van der Waals surface area contributed by atoms with Gasteiger partial charge in [-0.05, 0) is 45.4 Å². The first kappa shape index (κ1) is 16.6. The van der Waals surface area contributed by atoms with Crippen LogP contribution in [0.5, 0.6) is 0 Å². The minimum absolute atomic E-state index is 0.595. The molecule has 7 nitrogen and oxygen atoms in total. The minimum atomic E-state index is 0.595. The van der Waals surface area contributed by atoms with Gasteiger partial charge in [0.15, 0.2) is 11.5 Å². The zero-order valence-electron chi connectivity index (χ0n) is 16.1. The number of aryl methyl sites for hydroxylation is 2. The molecule has 5 rings (SSSR count). The van der Waals surface area contributed by atoms with Gasteiger partial charge in [-0.15, -0.1) is 0 Å². The van der Waals surface area contributed by atoms with E-state index in [1.807, 2.05) is 36.9 Å². The van der Waals surface area contributed by atoms with E-state index in [0.717, 1.165) is 41.3 Å². The van der Waals surface area contributed by atoms with Crippen LogP contribution in [-0.2, 0) is 7.05 Å². The SMILES string of the molecule is Cc1nn(C)c2nc(-c3ccccn3)nc(N3CC[C@H]4CC[C@@H](C3)N4C)c12. The number of fused-ring (bicyclic) bond motifs is 3. The fourth-order valence-corrected chi connectivity index (χ4v) is 4.66. The van der Waals surface area contributed by atoms with Crippen LogP contribution in [0.2, 0.25) is 0 Å². The fraction of sp³-hybridized carbons (Fsp3) is 0.500. The Bertz CT molecular complexity index is 981. The number of hydrogen-bond donors (Lipinski definition) is 0. The molecule has 0 aromatic carbocycles. The highest BCUT2D eigenvalue weighted by atomic mass is 15.3. The van der Waals surface area contributed by atoms with Crippen molar-refractivity contribution < 1.29 is 0 Å². The number of nitrogens with zero attached hydrogens (tertiary/aromatic N) is 7. The molecule has 2 aliphatic rings. The van der Waals surface area contributed by atoms with Gasteiger partial charge in [0.05, 0.1) is 11.1 Å². The van der Waals surface area contributed by atoms with Crippen LogP contribution in [0.1, 0.15) is 25.0 Å². The summed E-state index contributed by atoms with van der Waals surface area (Å²) in [7, 11) is 4.22. The van der Waals surface area contributed by atoms with Crippen LogP contribution in [-0.4, -0.2) is 61.9 Å². The Labute approximate surface area is 159 Å². The van der Waals surface area contributed by atoms with Gasteiger partial charge in [-0.2, -0.15) is 5.10 Å². The number of likely N-dealkylation sites (N-methyl/N-ethyl adjacent to an activating group) is 1. The molecule has 7 heteroatoms. The van der Waals surface area contributed by atoms with E-state index in [1.54, 1.807) is 6.20 Å². The van der Waals surface area contributed by atoms with Gasteiger partial charge in [0.1, 0.15) is 11.5 Å². The normalized spacial score (nSPS) is 23.1. The van der Waals surface area contributed by atoms with Crippen LogP contribution in [0.25, 0.3) is 22.6 Å². The van der Waals surface area contributed by atoms with Crippen molar-refractivity contribution in [3.8, 4) is 11.5 Å². The first-order chi connectivity index (χ1) is 13.1. The lowest BCUT2D eigenvalue weighted by atomic mass is 10.1. The number of anilines is 1. The van der Waals surface area contributed by atoms with E-state index < -0.39 is 0 Å². The molecule has 0 unspecified atom stereocenters. The van der Waals surface area contributed by atoms with Gasteiger partial charge < -0.3 is 4.90 Å². The topological polar surface area (TPSA) is 63.0 Å². The molecule has 0 N–H and O–H groups in total. The second kappa shape index (κ2) is 6.27. The summed E-state index contributed by atoms with van der Waals surface area (Å²) in [6, 6.07) is 7.15. The average molecular weight is 363 g/mol. The summed E-state index contributed by atoms with van der Waals surface area (Å²) < 4.78 is 1.86. The van der Waals surface area contributed by atoms with Crippen molar-refractivity contribution in [1.82, 2.24) is 29.6 Å². The van der Waals surface area contributed by atoms with Gasteiger partial charge in [-0.3, -0.25) is 14.6 Å². The maximum Gasteiger partial charge on any atom is 0.182 e. The fourth-order valence-electron chi connectivity index (χ4n) is 4.66. The highest BCUT2D eigenvalue weighted by Gasteiger charge is 2.36. The Kier molecular flexibility index (Phi) is 3.86. The van der Waals surface area contributed by atoms with E-state index in [4.69, 9.17) is 9.97 Å². The number of rotatable bonds is 2. The van der Waals surface area contributed by atoms with E-state index in [-0.39, 0.29) is 0 Å². The molecular weight excluding hydrogens is 338 g/mol. The summed E-state index contributed by atoms with van der Waals surface area (Å²) in [4.78, 5) is 19.3. The third-order valence-electron chi connectivity index (χ3n) is 6.18. The van der Waals surface area contributed by atoms with Crippen LogP contribution < -0.4 is 4.90 Å². The van der Waals surface area contributed by atoms with Gasteiger partial charge in [0, 0.05) is 38.4 Å². The predicted molar refractivity (Wildman–Crippen MR) is 106 cm³/mol. The maximum atomic E-state index is 5.00. The lowest BCUT2D eigenvalue weighted by molar-refractivity contribution is 0.254. The standard InChI is InChI=1S/C20H25N7/c1-13-17-19(26(3)24-13)22-18(16-6-4-5-10-21-16)23-20(17)27-11-9-14-7-8-15(12-27)25(14)2/h4-6,10,14-15H,7-9,11-12H2,1-3H3/t14-,15+/m1/s1. The van der Waals surface area contributed by atoms with E-state index >= 15 is 0 Å². The molecule has 140 valence electrons. The Balaban J connectivity index is 1.66. The summed E-state index contributed by atoms with van der Waals surface area (Å²) >= 11 is 0. The maximum absolute atomic E-state index is 5.00. The van der Waals surface area contributed by atoms with Gasteiger partial charge in [0.25, 0.3) is 0 Å². The molecule has 2 saturated heterocycles. The molecule has 0 saturated carbocycles. The lowest BCUT2D eigenvalue weighted by Crippen LogP contribution is -2.37. The smallest absolute Gasteiger partial charge is 0.182 e. The molecule has 0 radical (unpaired) electrons. The first-order valence-electron chi connectivity index (χ1n) is 9.71. The highest BCUT2D eigenvalue weighted by molar-refractivity contribution is 5.91. The molecular formula is C20H25N7. The minimum Gasteiger partial charge on any atom is -0.354 e. The number of hydrogen-bond acceptors (Lipinski definition) is 6. The van der Waals surface area contributed by atoms with E-state index in [2.05, 4.69) is 26.9 Å². The first-order valence-corrected chi connectivity index (χ1v) is 9.71. The molecule has 3 aromatic heterocycles. The van der Waals surface area contributed by atoms with Gasteiger partial charge in [-0.25, -0.2) is 9.97 Å². The quantitative estimate of drug-likeness (QED) is 0.697. The molecule has 2 bridgehead atoms. The van der Waals surface area contributed by atoms with Crippen molar-refractivity contribution in [2.75, 3.05) is 25.0 Å². The van der Waals surface area contributed by atoms with E-state index in [9.17, 15) is 0 Å². The zero-order chi connectivity index (χ0) is 18.5. The van der Waals surface area contributed by atoms with Crippen molar-refractivity contribution >= 4 is 16.9 Å². The molecule has 2 atom stereocenters. The molecule has 3 aromatic rings. The largest absolute Gasteiger partial charge is 0.354 e. The molecule has 5 heterocycles. The van der Waals surface area contributed by atoms with Crippen LogP contribution >= 0.6 is 0 Å². The number of pyridine rings is 1. The van der Waals surface area contributed by atoms with Crippen molar-refractivity contribution in [3.05, 3.63) is 30.1 Å². The summed E-state index contributed by atoms with van der Waals surface area (Å²) in [6.07, 6.45) is 5.55. The van der Waals surface area contributed by atoms with Gasteiger partial charge in [0.2, 0.25) is 0 Å². The van der Waals surface area contributed by atoms with Gasteiger partial charge in [-0.1, -0.05) is 6.07 Å². The second-order valence-electron chi connectivity index (χ2n) is 7.78. The predicted octanol–water partition coefficient (Wildman–Crippen LogP) is 2.41. The highest BCUT2D eigenvalue weighted by Crippen LogP contribution is 2.34. The third kappa shape index (κ3) is 2.68. The molecule has 2 fully saturated rings.